The fraction of sp³-hybridized carbons (Fsp3) is 0.160. The third-order valence-corrected chi connectivity index (χ3v) is 5.87. The van der Waals surface area contributed by atoms with E-state index in [1.54, 1.807) is 30.3 Å². The predicted molar refractivity (Wildman–Crippen MR) is 129 cm³/mol. The van der Waals surface area contributed by atoms with E-state index in [9.17, 15) is 18.0 Å². The fourth-order valence-corrected chi connectivity index (χ4v) is 4.32. The fourth-order valence-electron chi connectivity index (χ4n) is 3.54. The van der Waals surface area contributed by atoms with Gasteiger partial charge in [0.15, 0.2) is 11.5 Å². The maximum atomic E-state index is 13.0. The number of fused-ring (bicyclic) bond motifs is 1. The summed E-state index contributed by atoms with van der Waals surface area (Å²) >= 11 is 9.53. The standard InChI is InChI=1S/C25H18BrClF3NO3/c1-2-33-22-11-15(10-20(26)23(22)34-13-14-4-3-5-17(27)8-14)9-19-18-7-6-16(25(28,29)30)12-21(18)31-24(19)32/h3-12H,2,13H2,1H3,(H,31,32)/b19-9-. The summed E-state index contributed by atoms with van der Waals surface area (Å²) in [5.41, 5.74) is 1.44. The molecule has 1 heterocycles. The van der Waals surface area contributed by atoms with Gasteiger partial charge >= 0.3 is 6.18 Å². The third kappa shape index (κ3) is 5.23. The van der Waals surface area contributed by atoms with Crippen LogP contribution in [-0.2, 0) is 17.6 Å². The summed E-state index contributed by atoms with van der Waals surface area (Å²) in [7, 11) is 0. The lowest BCUT2D eigenvalue weighted by molar-refractivity contribution is -0.137. The second-order valence-corrected chi connectivity index (χ2v) is 8.74. The van der Waals surface area contributed by atoms with Crippen LogP contribution in [-0.4, -0.2) is 12.5 Å². The van der Waals surface area contributed by atoms with Gasteiger partial charge in [-0.05, 0) is 76.5 Å². The first-order valence-corrected chi connectivity index (χ1v) is 11.4. The van der Waals surface area contributed by atoms with Crippen molar-refractivity contribution in [3.05, 3.63) is 86.3 Å². The summed E-state index contributed by atoms with van der Waals surface area (Å²) in [5, 5.41) is 3.10. The molecule has 0 saturated heterocycles. The van der Waals surface area contributed by atoms with Crippen LogP contribution in [0.15, 0.2) is 59.1 Å². The number of alkyl halides is 3. The van der Waals surface area contributed by atoms with E-state index < -0.39 is 17.6 Å². The Kier molecular flexibility index (Phi) is 6.91. The van der Waals surface area contributed by atoms with Crippen LogP contribution in [0.3, 0.4) is 0 Å². The maximum Gasteiger partial charge on any atom is 0.416 e. The Morgan fingerprint density at radius 1 is 1.09 bits per heavy atom. The molecule has 1 aliphatic rings. The number of amides is 1. The number of rotatable bonds is 6. The second kappa shape index (κ2) is 9.72. The lowest BCUT2D eigenvalue weighted by atomic mass is 10.0. The molecule has 4 nitrogen and oxygen atoms in total. The first-order chi connectivity index (χ1) is 16.2. The van der Waals surface area contributed by atoms with E-state index in [1.807, 2.05) is 19.1 Å². The molecule has 0 atom stereocenters. The minimum atomic E-state index is -4.50. The van der Waals surface area contributed by atoms with Crippen LogP contribution in [0.2, 0.25) is 5.02 Å². The number of anilines is 1. The lowest BCUT2D eigenvalue weighted by Crippen LogP contribution is -2.06. The summed E-state index contributed by atoms with van der Waals surface area (Å²) in [6.07, 6.45) is -2.90. The monoisotopic (exact) mass is 551 g/mol. The van der Waals surface area contributed by atoms with E-state index >= 15 is 0 Å². The van der Waals surface area contributed by atoms with Crippen molar-refractivity contribution >= 4 is 50.8 Å². The Labute approximate surface area is 207 Å². The number of hydrogen-bond acceptors (Lipinski definition) is 3. The quantitative estimate of drug-likeness (QED) is 0.321. The van der Waals surface area contributed by atoms with E-state index in [4.69, 9.17) is 21.1 Å². The molecular weight excluding hydrogens is 535 g/mol. The highest BCUT2D eigenvalue weighted by Gasteiger charge is 2.33. The maximum absolute atomic E-state index is 13.0. The van der Waals surface area contributed by atoms with Crippen molar-refractivity contribution in [2.45, 2.75) is 19.7 Å². The van der Waals surface area contributed by atoms with Crippen LogP contribution < -0.4 is 14.8 Å². The molecule has 0 aliphatic carbocycles. The van der Waals surface area contributed by atoms with Crippen molar-refractivity contribution in [2.24, 2.45) is 0 Å². The highest BCUT2D eigenvalue weighted by Crippen LogP contribution is 2.41. The first kappa shape index (κ1) is 24.2. The normalized spacial score (nSPS) is 14.2. The van der Waals surface area contributed by atoms with Crippen LogP contribution in [0.5, 0.6) is 11.5 Å². The smallest absolute Gasteiger partial charge is 0.416 e. The molecule has 3 aromatic rings. The van der Waals surface area contributed by atoms with Gasteiger partial charge in [-0.1, -0.05) is 29.8 Å². The molecule has 1 aliphatic heterocycles. The minimum absolute atomic E-state index is 0.122. The van der Waals surface area contributed by atoms with Crippen LogP contribution in [0, 0.1) is 0 Å². The lowest BCUT2D eigenvalue weighted by Gasteiger charge is -2.15. The molecule has 3 aromatic carbocycles. The molecule has 9 heteroatoms. The predicted octanol–water partition coefficient (Wildman–Crippen LogP) is 7.59. The van der Waals surface area contributed by atoms with Gasteiger partial charge in [0.05, 0.1) is 16.6 Å². The molecule has 1 N–H and O–H groups in total. The van der Waals surface area contributed by atoms with Crippen molar-refractivity contribution < 1.29 is 27.4 Å². The summed E-state index contributed by atoms with van der Waals surface area (Å²) in [6, 6.07) is 13.9. The minimum Gasteiger partial charge on any atom is -0.490 e. The molecule has 0 fully saturated rings. The molecule has 0 saturated carbocycles. The Hall–Kier alpha value is -2.97. The molecular formula is C25H18BrClF3NO3. The summed E-state index contributed by atoms with van der Waals surface area (Å²) in [6.45, 7) is 2.47. The van der Waals surface area contributed by atoms with E-state index in [1.165, 1.54) is 6.07 Å². The molecule has 0 spiro atoms. The Balaban J connectivity index is 1.66. The molecule has 0 radical (unpaired) electrons. The zero-order chi connectivity index (χ0) is 24.5. The SMILES string of the molecule is CCOc1cc(/C=C2\C(=O)Nc3cc(C(F)(F)F)ccc32)cc(Br)c1OCc1cccc(Cl)c1. The van der Waals surface area contributed by atoms with Gasteiger partial charge in [0.2, 0.25) is 0 Å². The van der Waals surface area contributed by atoms with Crippen LogP contribution in [0.1, 0.15) is 29.2 Å². The first-order valence-electron chi connectivity index (χ1n) is 10.2. The van der Waals surface area contributed by atoms with E-state index in [0.29, 0.717) is 38.7 Å². The molecule has 176 valence electrons. The number of benzene rings is 3. The van der Waals surface area contributed by atoms with Crippen LogP contribution >= 0.6 is 27.5 Å². The number of nitrogens with one attached hydrogen (secondary N) is 1. The molecule has 0 unspecified atom stereocenters. The van der Waals surface area contributed by atoms with Crippen LogP contribution in [0.25, 0.3) is 11.6 Å². The zero-order valence-electron chi connectivity index (χ0n) is 17.8. The van der Waals surface area contributed by atoms with E-state index in [-0.39, 0.29) is 17.9 Å². The summed E-state index contributed by atoms with van der Waals surface area (Å²) < 4.78 is 51.4. The second-order valence-electron chi connectivity index (χ2n) is 7.45. The Bertz CT molecular complexity index is 1290. The highest BCUT2D eigenvalue weighted by atomic mass is 79.9. The number of carbonyl (C=O) groups is 1. The van der Waals surface area contributed by atoms with E-state index in [0.717, 1.165) is 17.7 Å². The summed E-state index contributed by atoms with van der Waals surface area (Å²) in [5.74, 6) is 0.455. The van der Waals surface area contributed by atoms with Gasteiger partial charge in [-0.3, -0.25) is 4.79 Å². The zero-order valence-corrected chi connectivity index (χ0v) is 20.1. The average Bonchev–Trinajstić information content (AvgIpc) is 3.07. The average molecular weight is 553 g/mol. The van der Waals surface area contributed by atoms with Gasteiger partial charge in [0.1, 0.15) is 6.61 Å². The van der Waals surface area contributed by atoms with Gasteiger partial charge in [-0.25, -0.2) is 0 Å². The van der Waals surface area contributed by atoms with Gasteiger partial charge in [0, 0.05) is 21.8 Å². The molecule has 0 aromatic heterocycles. The number of ether oxygens (including phenoxy) is 2. The number of hydrogen-bond donors (Lipinski definition) is 1. The van der Waals surface area contributed by atoms with Gasteiger partial charge < -0.3 is 14.8 Å². The van der Waals surface area contributed by atoms with Crippen molar-refractivity contribution in [1.82, 2.24) is 0 Å². The van der Waals surface area contributed by atoms with Gasteiger partial charge in [-0.15, -0.1) is 0 Å². The van der Waals surface area contributed by atoms with Gasteiger partial charge in [0.25, 0.3) is 5.91 Å². The third-order valence-electron chi connectivity index (χ3n) is 5.04. The van der Waals surface area contributed by atoms with Crippen molar-refractivity contribution in [2.75, 3.05) is 11.9 Å². The number of carbonyl (C=O) groups excluding carboxylic acids is 1. The van der Waals surface area contributed by atoms with Crippen molar-refractivity contribution in [1.29, 1.82) is 0 Å². The molecule has 34 heavy (non-hydrogen) atoms. The van der Waals surface area contributed by atoms with Crippen LogP contribution in [0.4, 0.5) is 18.9 Å². The Morgan fingerprint density at radius 3 is 2.59 bits per heavy atom. The summed E-state index contributed by atoms with van der Waals surface area (Å²) in [4.78, 5) is 12.5. The topological polar surface area (TPSA) is 47.6 Å². The number of halogens is 5. The molecule has 0 bridgehead atoms. The Morgan fingerprint density at radius 2 is 1.88 bits per heavy atom. The van der Waals surface area contributed by atoms with Crippen molar-refractivity contribution in [3.63, 3.8) is 0 Å². The van der Waals surface area contributed by atoms with Gasteiger partial charge in [-0.2, -0.15) is 13.2 Å². The largest absolute Gasteiger partial charge is 0.490 e. The van der Waals surface area contributed by atoms with Crippen molar-refractivity contribution in [3.8, 4) is 11.5 Å². The molecule has 4 rings (SSSR count). The molecule has 1 amide bonds. The van der Waals surface area contributed by atoms with E-state index in [2.05, 4.69) is 21.2 Å². The highest BCUT2D eigenvalue weighted by molar-refractivity contribution is 9.10.